The Bertz CT molecular complexity index is 654. The first kappa shape index (κ1) is 17.2. The molecule has 132 valence electrons. The number of rotatable bonds is 2. The van der Waals surface area contributed by atoms with Crippen molar-refractivity contribution in [3.05, 3.63) is 35.1 Å². The number of carbonyl (C=O) groups excluding carboxylic acids is 1. The van der Waals surface area contributed by atoms with E-state index in [4.69, 9.17) is 0 Å². The van der Waals surface area contributed by atoms with Crippen LogP contribution in [0.4, 0.5) is 17.6 Å². The second kappa shape index (κ2) is 5.72. The smallest absolute Gasteiger partial charge is 0.393 e. The van der Waals surface area contributed by atoms with Gasteiger partial charge in [0.1, 0.15) is 5.82 Å². The van der Waals surface area contributed by atoms with Crippen molar-refractivity contribution in [3.63, 3.8) is 0 Å². The summed E-state index contributed by atoms with van der Waals surface area (Å²) in [5.41, 5.74) is -2.03. The fourth-order valence-corrected chi connectivity index (χ4v) is 3.40. The number of benzene rings is 1. The first-order valence-corrected chi connectivity index (χ1v) is 7.99. The Kier molecular flexibility index (Phi) is 4.10. The standard InChI is InChI=1S/C17H19F4NO2/c1-10-9-22(5-2-14(10)23)15(24)16(3-4-16)11-6-12(17(19,20)21)8-13(18)7-11/h6-8,10,14,23H,2-5,9H2,1H3/t10-,14+/m1/s1. The third-order valence-corrected chi connectivity index (χ3v) is 5.08. The Labute approximate surface area is 137 Å². The van der Waals surface area contributed by atoms with Crippen LogP contribution in [0.25, 0.3) is 0 Å². The number of hydrogen-bond donors (Lipinski definition) is 1. The summed E-state index contributed by atoms with van der Waals surface area (Å²) in [6, 6.07) is 2.36. The maximum Gasteiger partial charge on any atom is 0.416 e. The molecule has 0 bridgehead atoms. The molecule has 1 N–H and O–H groups in total. The van der Waals surface area contributed by atoms with Gasteiger partial charge in [-0.1, -0.05) is 6.92 Å². The third-order valence-electron chi connectivity index (χ3n) is 5.08. The molecule has 1 aliphatic heterocycles. The van der Waals surface area contributed by atoms with Crippen LogP contribution in [0.5, 0.6) is 0 Å². The second-order valence-corrected chi connectivity index (χ2v) is 6.89. The number of halogens is 4. The summed E-state index contributed by atoms with van der Waals surface area (Å²) in [5.74, 6) is -1.34. The van der Waals surface area contributed by atoms with Gasteiger partial charge in [-0.25, -0.2) is 4.39 Å². The van der Waals surface area contributed by atoms with Crippen LogP contribution in [0.15, 0.2) is 18.2 Å². The number of alkyl halides is 3. The van der Waals surface area contributed by atoms with Crippen molar-refractivity contribution in [3.8, 4) is 0 Å². The maximum atomic E-state index is 13.7. The zero-order valence-electron chi connectivity index (χ0n) is 13.2. The molecule has 1 saturated heterocycles. The van der Waals surface area contributed by atoms with Gasteiger partial charge >= 0.3 is 6.18 Å². The van der Waals surface area contributed by atoms with Gasteiger partial charge in [0.05, 0.1) is 17.1 Å². The molecule has 1 aliphatic carbocycles. The maximum absolute atomic E-state index is 13.7. The Morgan fingerprint density at radius 1 is 1.29 bits per heavy atom. The Hall–Kier alpha value is -1.63. The lowest BCUT2D eigenvalue weighted by Gasteiger charge is -2.36. The number of likely N-dealkylation sites (tertiary alicyclic amines) is 1. The average molecular weight is 345 g/mol. The van der Waals surface area contributed by atoms with Gasteiger partial charge in [-0.2, -0.15) is 13.2 Å². The van der Waals surface area contributed by atoms with Gasteiger partial charge in [0.25, 0.3) is 0 Å². The van der Waals surface area contributed by atoms with Crippen LogP contribution >= 0.6 is 0 Å². The van der Waals surface area contributed by atoms with E-state index < -0.39 is 29.1 Å². The molecule has 3 rings (SSSR count). The molecule has 7 heteroatoms. The van der Waals surface area contributed by atoms with Crippen LogP contribution in [0.2, 0.25) is 0 Å². The lowest BCUT2D eigenvalue weighted by atomic mass is 9.90. The molecule has 1 saturated carbocycles. The largest absolute Gasteiger partial charge is 0.416 e. The van der Waals surface area contributed by atoms with Crippen molar-refractivity contribution < 1.29 is 27.5 Å². The predicted molar refractivity (Wildman–Crippen MR) is 78.7 cm³/mol. The summed E-state index contributed by atoms with van der Waals surface area (Å²) in [6.07, 6.45) is -3.85. The van der Waals surface area contributed by atoms with E-state index in [9.17, 15) is 27.5 Å². The molecule has 1 heterocycles. The van der Waals surface area contributed by atoms with E-state index in [2.05, 4.69) is 0 Å². The first-order valence-electron chi connectivity index (χ1n) is 7.99. The summed E-state index contributed by atoms with van der Waals surface area (Å²) in [4.78, 5) is 14.4. The molecule has 1 aromatic carbocycles. The minimum atomic E-state index is -4.65. The summed E-state index contributed by atoms with van der Waals surface area (Å²) >= 11 is 0. The number of aliphatic hydroxyl groups excluding tert-OH is 1. The lowest BCUT2D eigenvalue weighted by molar-refractivity contribution is -0.139. The van der Waals surface area contributed by atoms with Gasteiger partial charge in [0.2, 0.25) is 5.91 Å². The minimum Gasteiger partial charge on any atom is -0.393 e. The van der Waals surface area contributed by atoms with Crippen LogP contribution in [-0.2, 0) is 16.4 Å². The molecular weight excluding hydrogens is 326 g/mol. The molecule has 0 unspecified atom stereocenters. The predicted octanol–water partition coefficient (Wildman–Crippen LogP) is 3.11. The van der Waals surface area contributed by atoms with E-state index in [1.807, 2.05) is 6.92 Å². The van der Waals surface area contributed by atoms with Gasteiger partial charge in [0, 0.05) is 13.1 Å². The molecule has 1 amide bonds. The van der Waals surface area contributed by atoms with Crippen LogP contribution in [0, 0.1) is 11.7 Å². The number of nitrogens with zero attached hydrogens (tertiary/aromatic N) is 1. The molecule has 1 aromatic rings. The fourth-order valence-electron chi connectivity index (χ4n) is 3.40. The van der Waals surface area contributed by atoms with Crippen molar-refractivity contribution in [2.75, 3.05) is 13.1 Å². The first-order chi connectivity index (χ1) is 11.1. The molecular formula is C17H19F4NO2. The highest BCUT2D eigenvalue weighted by Gasteiger charge is 2.54. The summed E-state index contributed by atoms with van der Waals surface area (Å²) in [7, 11) is 0. The molecule has 0 radical (unpaired) electrons. The lowest BCUT2D eigenvalue weighted by Crippen LogP contribution is -2.48. The van der Waals surface area contributed by atoms with E-state index in [0.29, 0.717) is 38.4 Å². The zero-order chi connectivity index (χ0) is 17.7. The van der Waals surface area contributed by atoms with Crippen LogP contribution in [-0.4, -0.2) is 35.1 Å². The zero-order valence-corrected chi connectivity index (χ0v) is 13.2. The Morgan fingerprint density at radius 2 is 1.96 bits per heavy atom. The van der Waals surface area contributed by atoms with Crippen molar-refractivity contribution in [2.45, 2.75) is 43.9 Å². The fraction of sp³-hybridized carbons (Fsp3) is 0.588. The summed E-state index contributed by atoms with van der Waals surface area (Å²) < 4.78 is 52.4. The third kappa shape index (κ3) is 3.01. The summed E-state index contributed by atoms with van der Waals surface area (Å²) in [6.45, 7) is 2.56. The SMILES string of the molecule is C[C@@H]1CN(C(=O)C2(c3cc(F)cc(C(F)(F)F)c3)CC2)CC[C@@H]1O. The normalized spacial score (nSPS) is 26.3. The second-order valence-electron chi connectivity index (χ2n) is 6.89. The highest BCUT2D eigenvalue weighted by Crippen LogP contribution is 2.51. The molecule has 2 atom stereocenters. The number of aliphatic hydroxyl groups is 1. The topological polar surface area (TPSA) is 40.5 Å². The van der Waals surface area contributed by atoms with Gasteiger partial charge < -0.3 is 10.0 Å². The number of carbonyl (C=O) groups is 1. The Balaban J connectivity index is 1.89. The number of hydrogen-bond acceptors (Lipinski definition) is 2. The number of piperidine rings is 1. The van der Waals surface area contributed by atoms with Crippen molar-refractivity contribution in [2.24, 2.45) is 5.92 Å². The van der Waals surface area contributed by atoms with E-state index in [-0.39, 0.29) is 17.4 Å². The molecule has 2 aliphatic rings. The van der Waals surface area contributed by atoms with Crippen molar-refractivity contribution in [1.82, 2.24) is 4.90 Å². The molecule has 0 aromatic heterocycles. The molecule has 0 spiro atoms. The monoisotopic (exact) mass is 345 g/mol. The van der Waals surface area contributed by atoms with Crippen molar-refractivity contribution >= 4 is 5.91 Å². The Morgan fingerprint density at radius 3 is 2.50 bits per heavy atom. The van der Waals surface area contributed by atoms with Gasteiger partial charge in [0.15, 0.2) is 0 Å². The molecule has 3 nitrogen and oxygen atoms in total. The van der Waals surface area contributed by atoms with Crippen molar-refractivity contribution in [1.29, 1.82) is 0 Å². The minimum absolute atomic E-state index is 0.0863. The van der Waals surface area contributed by atoms with Gasteiger partial charge in [-0.3, -0.25) is 4.79 Å². The van der Waals surface area contributed by atoms with Gasteiger partial charge in [-0.15, -0.1) is 0 Å². The van der Waals surface area contributed by atoms with Gasteiger partial charge in [-0.05, 0) is 48.9 Å². The highest BCUT2D eigenvalue weighted by molar-refractivity contribution is 5.91. The van der Waals surface area contributed by atoms with E-state index in [1.165, 1.54) is 0 Å². The van der Waals surface area contributed by atoms with Crippen LogP contribution < -0.4 is 0 Å². The average Bonchev–Trinajstić information content (AvgIpc) is 3.29. The van der Waals surface area contributed by atoms with Crippen LogP contribution in [0.1, 0.15) is 37.3 Å². The molecule has 2 fully saturated rings. The van der Waals surface area contributed by atoms with E-state index in [1.54, 1.807) is 4.90 Å². The highest BCUT2D eigenvalue weighted by atomic mass is 19.4. The quantitative estimate of drug-likeness (QED) is 0.837. The van der Waals surface area contributed by atoms with Crippen LogP contribution in [0.3, 0.4) is 0 Å². The number of amides is 1. The summed E-state index contributed by atoms with van der Waals surface area (Å²) in [5, 5.41) is 9.76. The van der Waals surface area contributed by atoms with E-state index in [0.717, 1.165) is 12.1 Å². The molecule has 24 heavy (non-hydrogen) atoms. The van der Waals surface area contributed by atoms with E-state index >= 15 is 0 Å².